The van der Waals surface area contributed by atoms with Gasteiger partial charge in [0.1, 0.15) is 0 Å². The zero-order valence-electron chi connectivity index (χ0n) is 9.80. The molecule has 6 heteroatoms. The van der Waals surface area contributed by atoms with E-state index < -0.39 is 32.3 Å². The summed E-state index contributed by atoms with van der Waals surface area (Å²) >= 11 is 0. The van der Waals surface area contributed by atoms with E-state index in [4.69, 9.17) is 5.11 Å². The normalized spacial score (nSPS) is 38.2. The van der Waals surface area contributed by atoms with Crippen molar-refractivity contribution in [2.45, 2.75) is 56.2 Å². The lowest BCUT2D eigenvalue weighted by Gasteiger charge is -2.38. The lowest BCUT2D eigenvalue weighted by Crippen LogP contribution is -2.63. The van der Waals surface area contributed by atoms with Crippen LogP contribution in [-0.4, -0.2) is 42.1 Å². The van der Waals surface area contributed by atoms with Crippen molar-refractivity contribution in [3.8, 4) is 0 Å². The molecule has 16 heavy (non-hydrogen) atoms. The fourth-order valence-corrected chi connectivity index (χ4v) is 4.48. The van der Waals surface area contributed by atoms with E-state index in [0.29, 0.717) is 12.8 Å². The van der Waals surface area contributed by atoms with Crippen molar-refractivity contribution in [3.05, 3.63) is 0 Å². The zero-order valence-corrected chi connectivity index (χ0v) is 10.6. The van der Waals surface area contributed by atoms with E-state index in [1.807, 2.05) is 6.92 Å². The van der Waals surface area contributed by atoms with Gasteiger partial charge >= 0.3 is 5.97 Å². The number of hydrogen-bond acceptors (Lipinski definition) is 4. The second-order valence-corrected chi connectivity index (χ2v) is 6.68. The Hall–Kier alpha value is -0.620. The van der Waals surface area contributed by atoms with Crippen molar-refractivity contribution in [2.24, 2.45) is 0 Å². The van der Waals surface area contributed by atoms with E-state index in [1.165, 1.54) is 0 Å². The number of nitrogens with one attached hydrogen (secondary N) is 1. The van der Waals surface area contributed by atoms with Crippen molar-refractivity contribution < 1.29 is 18.3 Å². The quantitative estimate of drug-likeness (QED) is 0.756. The van der Waals surface area contributed by atoms with Gasteiger partial charge in [0, 0.05) is 12.1 Å². The minimum Gasteiger partial charge on any atom is -0.480 e. The molecule has 1 aliphatic rings. The summed E-state index contributed by atoms with van der Waals surface area (Å²) in [6.45, 7) is 5.28. The van der Waals surface area contributed by atoms with Gasteiger partial charge in [-0.15, -0.1) is 0 Å². The third-order valence-corrected chi connectivity index (χ3v) is 5.96. The standard InChI is InChI=1S/C10H19NO4S/c1-4-7-6(3)16(14,15)9(10(12)13)8(5-2)11-7/h6-9,11H,4-5H2,1-3H3,(H,12,13). The predicted octanol–water partition coefficient (Wildman–Crippen LogP) is 0.403. The second-order valence-electron chi connectivity index (χ2n) is 4.25. The fraction of sp³-hybridized carbons (Fsp3) is 0.900. The molecule has 0 saturated carbocycles. The van der Waals surface area contributed by atoms with E-state index in [0.717, 1.165) is 0 Å². The molecule has 0 aromatic heterocycles. The van der Waals surface area contributed by atoms with E-state index in [1.54, 1.807) is 13.8 Å². The van der Waals surface area contributed by atoms with E-state index in [-0.39, 0.29) is 6.04 Å². The molecule has 5 nitrogen and oxygen atoms in total. The molecule has 0 aromatic carbocycles. The van der Waals surface area contributed by atoms with Gasteiger partial charge in [-0.2, -0.15) is 0 Å². The summed E-state index contributed by atoms with van der Waals surface area (Å²) in [4.78, 5) is 11.1. The van der Waals surface area contributed by atoms with Gasteiger partial charge in [-0.25, -0.2) is 8.42 Å². The van der Waals surface area contributed by atoms with Crippen LogP contribution in [0.1, 0.15) is 33.6 Å². The average Bonchev–Trinajstić information content (AvgIpc) is 2.20. The lowest BCUT2D eigenvalue weighted by atomic mass is 10.1. The van der Waals surface area contributed by atoms with Gasteiger partial charge in [0.15, 0.2) is 15.1 Å². The maximum Gasteiger partial charge on any atom is 0.323 e. The summed E-state index contributed by atoms with van der Waals surface area (Å²) in [6, 6.07) is -0.630. The largest absolute Gasteiger partial charge is 0.480 e. The predicted molar refractivity (Wildman–Crippen MR) is 61.1 cm³/mol. The smallest absolute Gasteiger partial charge is 0.323 e. The highest BCUT2D eigenvalue weighted by molar-refractivity contribution is 7.93. The molecule has 1 fully saturated rings. The Labute approximate surface area is 96.1 Å². The van der Waals surface area contributed by atoms with Crippen molar-refractivity contribution in [1.82, 2.24) is 5.32 Å². The summed E-state index contributed by atoms with van der Waals surface area (Å²) in [5, 5.41) is 10.2. The molecule has 1 aliphatic heterocycles. The SMILES string of the molecule is CCC1NC(CC)C(C(=O)O)S(=O)(=O)C1C. The van der Waals surface area contributed by atoms with Crippen LogP contribution in [0.2, 0.25) is 0 Å². The van der Waals surface area contributed by atoms with Crippen molar-refractivity contribution >= 4 is 15.8 Å². The molecule has 0 aliphatic carbocycles. The molecule has 1 saturated heterocycles. The Morgan fingerprint density at radius 2 is 1.75 bits per heavy atom. The summed E-state index contributed by atoms with van der Waals surface area (Å²) in [6.07, 6.45) is 1.18. The first-order valence-corrected chi connectivity index (χ1v) is 7.18. The molecule has 0 bridgehead atoms. The Balaban J connectivity index is 3.14. The summed E-state index contributed by atoms with van der Waals surface area (Å²) in [7, 11) is -3.59. The molecule has 0 radical (unpaired) electrons. The number of sulfone groups is 1. The van der Waals surface area contributed by atoms with Gasteiger partial charge in [-0.05, 0) is 19.8 Å². The van der Waals surface area contributed by atoms with Gasteiger partial charge in [0.2, 0.25) is 0 Å². The van der Waals surface area contributed by atoms with Crippen molar-refractivity contribution in [1.29, 1.82) is 0 Å². The zero-order chi connectivity index (χ0) is 12.5. The molecule has 2 N–H and O–H groups in total. The molecule has 94 valence electrons. The fourth-order valence-electron chi connectivity index (χ4n) is 2.28. The van der Waals surface area contributed by atoms with Crippen LogP contribution in [0.15, 0.2) is 0 Å². The third-order valence-electron chi connectivity index (χ3n) is 3.36. The van der Waals surface area contributed by atoms with E-state index >= 15 is 0 Å². The molecule has 0 aromatic rings. The Bertz CT molecular complexity index is 365. The van der Waals surface area contributed by atoms with Crippen LogP contribution < -0.4 is 5.32 Å². The Morgan fingerprint density at radius 3 is 2.12 bits per heavy atom. The summed E-state index contributed by atoms with van der Waals surface area (Å²) in [5.41, 5.74) is 0. The van der Waals surface area contributed by atoms with Gasteiger partial charge in [0.25, 0.3) is 0 Å². The first-order chi connectivity index (χ1) is 7.36. The first-order valence-electron chi connectivity index (χ1n) is 5.57. The van der Waals surface area contributed by atoms with Crippen LogP contribution in [0, 0.1) is 0 Å². The number of carbonyl (C=O) groups is 1. The minimum absolute atomic E-state index is 0.148. The maximum absolute atomic E-state index is 12.1. The Kier molecular flexibility index (Phi) is 3.96. The molecule has 4 atom stereocenters. The molecular weight excluding hydrogens is 230 g/mol. The molecule has 1 heterocycles. The van der Waals surface area contributed by atoms with Crippen molar-refractivity contribution in [3.63, 3.8) is 0 Å². The van der Waals surface area contributed by atoms with Crippen LogP contribution in [0.3, 0.4) is 0 Å². The summed E-state index contributed by atoms with van der Waals surface area (Å²) in [5.74, 6) is -1.25. The number of aliphatic carboxylic acids is 1. The van der Waals surface area contributed by atoms with Gasteiger partial charge in [0.05, 0.1) is 5.25 Å². The molecule has 4 unspecified atom stereocenters. The van der Waals surface area contributed by atoms with Crippen LogP contribution >= 0.6 is 0 Å². The highest BCUT2D eigenvalue weighted by Crippen LogP contribution is 2.25. The molecule has 1 rings (SSSR count). The minimum atomic E-state index is -3.59. The van der Waals surface area contributed by atoms with E-state index in [2.05, 4.69) is 5.32 Å². The Morgan fingerprint density at radius 1 is 1.25 bits per heavy atom. The topological polar surface area (TPSA) is 83.5 Å². The third kappa shape index (κ3) is 2.08. The van der Waals surface area contributed by atoms with Crippen LogP contribution in [0.4, 0.5) is 0 Å². The van der Waals surface area contributed by atoms with E-state index in [9.17, 15) is 13.2 Å². The second kappa shape index (κ2) is 4.71. The van der Waals surface area contributed by atoms with Crippen LogP contribution in [0.5, 0.6) is 0 Å². The maximum atomic E-state index is 12.1. The number of carboxylic acids is 1. The van der Waals surface area contributed by atoms with Gasteiger partial charge in [-0.1, -0.05) is 13.8 Å². The van der Waals surface area contributed by atoms with Crippen LogP contribution in [0.25, 0.3) is 0 Å². The molecule has 0 amide bonds. The molecular formula is C10H19NO4S. The highest BCUT2D eigenvalue weighted by Gasteiger charge is 2.48. The number of rotatable bonds is 3. The summed E-state index contributed by atoms with van der Waals surface area (Å²) < 4.78 is 24.1. The van der Waals surface area contributed by atoms with Crippen molar-refractivity contribution in [2.75, 3.05) is 0 Å². The lowest BCUT2D eigenvalue weighted by molar-refractivity contribution is -0.137. The highest BCUT2D eigenvalue weighted by atomic mass is 32.2. The molecule has 0 spiro atoms. The average molecular weight is 249 g/mol. The van der Waals surface area contributed by atoms with Gasteiger partial charge in [-0.3, -0.25) is 4.79 Å². The number of carboxylic acid groups (broad SMARTS) is 1. The van der Waals surface area contributed by atoms with Gasteiger partial charge < -0.3 is 10.4 Å². The monoisotopic (exact) mass is 249 g/mol. The first kappa shape index (κ1) is 13.4. The number of hydrogen-bond donors (Lipinski definition) is 2. The van der Waals surface area contributed by atoms with Crippen LogP contribution in [-0.2, 0) is 14.6 Å².